The van der Waals surface area contributed by atoms with Crippen LogP contribution < -0.4 is 9.47 Å². The maximum Gasteiger partial charge on any atom is 0.349 e. The number of carboxylic acids is 1. The zero-order valence-electron chi connectivity index (χ0n) is 11.0. The lowest BCUT2D eigenvalue weighted by Crippen LogP contribution is -2.18. The Bertz CT molecular complexity index is 693. The Morgan fingerprint density at radius 2 is 1.95 bits per heavy atom. The predicted octanol–water partition coefficient (Wildman–Crippen LogP) is 2.47. The molecule has 0 spiro atoms. The molecule has 0 saturated carbocycles. The van der Waals surface area contributed by atoms with Crippen molar-refractivity contribution in [3.63, 3.8) is 0 Å². The number of ketones is 1. The predicted molar refractivity (Wildman–Crippen MR) is 73.7 cm³/mol. The minimum atomic E-state index is -1.11. The van der Waals surface area contributed by atoms with Gasteiger partial charge in [-0.1, -0.05) is 30.3 Å². The second kappa shape index (κ2) is 5.28. The SMILES string of the molecule is O=C1COc2cc(OC(C(=O)O)c3ccccc3)ccc21. The Labute approximate surface area is 120 Å². The van der Waals surface area contributed by atoms with Gasteiger partial charge < -0.3 is 14.6 Å². The Morgan fingerprint density at radius 1 is 1.19 bits per heavy atom. The van der Waals surface area contributed by atoms with Gasteiger partial charge in [0.15, 0.2) is 6.61 Å². The van der Waals surface area contributed by atoms with Crippen LogP contribution in [-0.4, -0.2) is 23.5 Å². The van der Waals surface area contributed by atoms with Crippen LogP contribution in [0.3, 0.4) is 0 Å². The highest BCUT2D eigenvalue weighted by molar-refractivity contribution is 6.02. The van der Waals surface area contributed by atoms with Crippen LogP contribution in [0.2, 0.25) is 0 Å². The average molecular weight is 284 g/mol. The summed E-state index contributed by atoms with van der Waals surface area (Å²) in [4.78, 5) is 22.8. The first-order valence-corrected chi connectivity index (χ1v) is 6.39. The van der Waals surface area contributed by atoms with Gasteiger partial charge in [-0.15, -0.1) is 0 Å². The number of hydrogen-bond donors (Lipinski definition) is 1. The molecule has 1 unspecified atom stereocenters. The maximum absolute atomic E-state index is 11.5. The third kappa shape index (κ3) is 2.58. The Morgan fingerprint density at radius 3 is 2.67 bits per heavy atom. The summed E-state index contributed by atoms with van der Waals surface area (Å²) in [5, 5.41) is 9.31. The second-order valence-corrected chi connectivity index (χ2v) is 4.62. The molecule has 3 rings (SSSR count). The molecule has 0 saturated heterocycles. The third-order valence-corrected chi connectivity index (χ3v) is 3.19. The molecule has 21 heavy (non-hydrogen) atoms. The molecule has 1 heterocycles. The molecule has 2 aromatic carbocycles. The molecule has 1 aliphatic rings. The highest BCUT2D eigenvalue weighted by Gasteiger charge is 2.25. The standard InChI is InChI=1S/C16H12O5/c17-13-9-20-14-8-11(6-7-12(13)14)21-15(16(18)19)10-4-2-1-3-5-10/h1-8,15H,9H2,(H,18,19). The Kier molecular flexibility index (Phi) is 3.31. The van der Waals surface area contributed by atoms with E-state index in [1.807, 2.05) is 0 Å². The van der Waals surface area contributed by atoms with Crippen molar-refractivity contribution in [2.45, 2.75) is 6.10 Å². The number of hydrogen-bond acceptors (Lipinski definition) is 4. The van der Waals surface area contributed by atoms with Gasteiger partial charge in [-0.3, -0.25) is 4.79 Å². The van der Waals surface area contributed by atoms with E-state index in [1.54, 1.807) is 48.5 Å². The molecular weight excluding hydrogens is 272 g/mol. The zero-order chi connectivity index (χ0) is 14.8. The van der Waals surface area contributed by atoms with Crippen molar-refractivity contribution in [3.8, 4) is 11.5 Å². The van der Waals surface area contributed by atoms with Gasteiger partial charge >= 0.3 is 5.97 Å². The summed E-state index contributed by atoms with van der Waals surface area (Å²) in [6, 6.07) is 13.4. The van der Waals surface area contributed by atoms with E-state index in [9.17, 15) is 14.7 Å². The number of carbonyl (C=O) groups excluding carboxylic acids is 1. The number of rotatable bonds is 4. The minimum absolute atomic E-state index is 0.0137. The van der Waals surface area contributed by atoms with E-state index >= 15 is 0 Å². The van der Waals surface area contributed by atoms with Gasteiger partial charge in [-0.05, 0) is 12.1 Å². The molecule has 0 bridgehead atoms. The van der Waals surface area contributed by atoms with E-state index in [0.717, 1.165) is 0 Å². The van der Waals surface area contributed by atoms with E-state index in [2.05, 4.69) is 0 Å². The molecule has 5 heteroatoms. The number of carbonyl (C=O) groups is 2. The van der Waals surface area contributed by atoms with Crippen molar-refractivity contribution in [2.24, 2.45) is 0 Å². The van der Waals surface area contributed by atoms with Crippen LogP contribution in [0.25, 0.3) is 0 Å². The smallest absolute Gasteiger partial charge is 0.349 e. The van der Waals surface area contributed by atoms with Crippen LogP contribution in [0.15, 0.2) is 48.5 Å². The molecule has 0 fully saturated rings. The van der Waals surface area contributed by atoms with Gasteiger partial charge in [0.05, 0.1) is 5.56 Å². The lowest BCUT2D eigenvalue weighted by atomic mass is 10.1. The number of aliphatic carboxylic acids is 1. The monoisotopic (exact) mass is 284 g/mol. The van der Waals surface area contributed by atoms with Crippen LogP contribution in [0, 0.1) is 0 Å². The minimum Gasteiger partial charge on any atom is -0.485 e. The van der Waals surface area contributed by atoms with Crippen molar-refractivity contribution in [3.05, 3.63) is 59.7 Å². The van der Waals surface area contributed by atoms with Crippen LogP contribution in [-0.2, 0) is 4.79 Å². The van der Waals surface area contributed by atoms with Gasteiger partial charge in [0.2, 0.25) is 11.9 Å². The molecule has 1 N–H and O–H groups in total. The average Bonchev–Trinajstić information content (AvgIpc) is 2.86. The van der Waals surface area contributed by atoms with E-state index < -0.39 is 12.1 Å². The van der Waals surface area contributed by atoms with Gasteiger partial charge in [0.25, 0.3) is 0 Å². The fourth-order valence-corrected chi connectivity index (χ4v) is 2.17. The first kappa shape index (κ1) is 13.2. The summed E-state index contributed by atoms with van der Waals surface area (Å²) >= 11 is 0. The van der Waals surface area contributed by atoms with Crippen LogP contribution >= 0.6 is 0 Å². The van der Waals surface area contributed by atoms with Gasteiger partial charge in [-0.2, -0.15) is 0 Å². The fraction of sp³-hybridized carbons (Fsp3) is 0.125. The van der Waals surface area contributed by atoms with Gasteiger partial charge in [0, 0.05) is 11.6 Å². The molecular formula is C16H12O5. The number of carboxylic acid groups (broad SMARTS) is 1. The first-order valence-electron chi connectivity index (χ1n) is 6.39. The lowest BCUT2D eigenvalue weighted by Gasteiger charge is -2.15. The molecule has 2 aromatic rings. The molecule has 0 radical (unpaired) electrons. The molecule has 1 atom stereocenters. The van der Waals surface area contributed by atoms with E-state index in [4.69, 9.17) is 9.47 Å². The summed E-state index contributed by atoms with van der Waals surface area (Å²) in [5.41, 5.74) is 1.04. The second-order valence-electron chi connectivity index (χ2n) is 4.62. The van der Waals surface area contributed by atoms with Crippen LogP contribution in [0.5, 0.6) is 11.5 Å². The van der Waals surface area contributed by atoms with Crippen molar-refractivity contribution >= 4 is 11.8 Å². The molecule has 106 valence electrons. The third-order valence-electron chi connectivity index (χ3n) is 3.19. The maximum atomic E-state index is 11.5. The normalized spacial score (nSPS) is 14.2. The van der Waals surface area contributed by atoms with Gasteiger partial charge in [-0.25, -0.2) is 4.79 Å². The molecule has 0 aromatic heterocycles. The topological polar surface area (TPSA) is 72.8 Å². The molecule has 0 aliphatic carbocycles. The highest BCUT2D eigenvalue weighted by Crippen LogP contribution is 2.31. The molecule has 0 amide bonds. The van der Waals surface area contributed by atoms with Crippen LogP contribution in [0.1, 0.15) is 22.0 Å². The number of benzene rings is 2. The van der Waals surface area contributed by atoms with Gasteiger partial charge in [0.1, 0.15) is 11.5 Å². The van der Waals surface area contributed by atoms with Crippen molar-refractivity contribution in [2.75, 3.05) is 6.61 Å². The number of Topliss-reactive ketones (excluding diaryl/α,β-unsaturated/α-hetero) is 1. The Balaban J connectivity index is 1.87. The fourth-order valence-electron chi connectivity index (χ4n) is 2.17. The zero-order valence-corrected chi connectivity index (χ0v) is 11.0. The van der Waals surface area contributed by atoms with E-state index in [1.165, 1.54) is 0 Å². The van der Waals surface area contributed by atoms with E-state index in [0.29, 0.717) is 22.6 Å². The number of fused-ring (bicyclic) bond motifs is 1. The van der Waals surface area contributed by atoms with E-state index in [-0.39, 0.29) is 12.4 Å². The molecule has 5 nitrogen and oxygen atoms in total. The summed E-state index contributed by atoms with van der Waals surface area (Å²) < 4.78 is 10.8. The summed E-state index contributed by atoms with van der Waals surface area (Å²) in [6.45, 7) is 0.0137. The van der Waals surface area contributed by atoms with Crippen LogP contribution in [0.4, 0.5) is 0 Å². The first-order chi connectivity index (χ1) is 10.1. The quantitative estimate of drug-likeness (QED) is 0.933. The summed E-state index contributed by atoms with van der Waals surface area (Å²) in [6.07, 6.45) is -1.11. The lowest BCUT2D eigenvalue weighted by molar-refractivity contribution is -0.145. The Hall–Kier alpha value is -2.82. The largest absolute Gasteiger partial charge is 0.485 e. The molecule has 1 aliphatic heterocycles. The van der Waals surface area contributed by atoms with Crippen molar-refractivity contribution < 1.29 is 24.2 Å². The summed E-state index contributed by atoms with van der Waals surface area (Å²) in [7, 11) is 0. The number of ether oxygens (including phenoxy) is 2. The highest BCUT2D eigenvalue weighted by atomic mass is 16.5. The summed E-state index contributed by atoms with van der Waals surface area (Å²) in [5.74, 6) is -0.400. The van der Waals surface area contributed by atoms with Crippen molar-refractivity contribution in [1.29, 1.82) is 0 Å². The van der Waals surface area contributed by atoms with Crippen molar-refractivity contribution in [1.82, 2.24) is 0 Å².